The van der Waals surface area contributed by atoms with Crippen LogP contribution in [-0.4, -0.2) is 16.1 Å². The maximum Gasteiger partial charge on any atom is 0.335 e. The van der Waals surface area contributed by atoms with Crippen molar-refractivity contribution in [3.63, 3.8) is 0 Å². The number of carbonyl (C=O) groups is 1. The van der Waals surface area contributed by atoms with E-state index in [1.807, 2.05) is 13.8 Å². The minimum absolute atomic E-state index is 0.223. The van der Waals surface area contributed by atoms with E-state index in [0.29, 0.717) is 17.2 Å². The fraction of sp³-hybridized carbons (Fsp3) is 0.286. The zero-order chi connectivity index (χ0) is 14.0. The molecule has 0 saturated heterocycles. The molecule has 0 saturated carbocycles. The summed E-state index contributed by atoms with van der Waals surface area (Å²) in [5, 5.41) is 8.93. The summed E-state index contributed by atoms with van der Waals surface area (Å²) < 4.78 is 10.9. The molecule has 0 fully saturated rings. The van der Waals surface area contributed by atoms with Crippen molar-refractivity contribution >= 4 is 5.97 Å². The molecular formula is C14H15NO4. The first-order valence-electron chi connectivity index (χ1n) is 5.87. The van der Waals surface area contributed by atoms with E-state index in [9.17, 15) is 4.79 Å². The van der Waals surface area contributed by atoms with Crippen LogP contribution in [0.25, 0.3) is 0 Å². The molecule has 0 aliphatic carbocycles. The summed E-state index contributed by atoms with van der Waals surface area (Å²) >= 11 is 0. The highest BCUT2D eigenvalue weighted by Gasteiger charge is 2.09. The molecule has 0 aliphatic rings. The van der Waals surface area contributed by atoms with Gasteiger partial charge in [-0.25, -0.2) is 9.78 Å². The molecule has 0 aliphatic heterocycles. The molecule has 1 aromatic heterocycles. The van der Waals surface area contributed by atoms with Crippen molar-refractivity contribution in [1.82, 2.24) is 4.98 Å². The first-order chi connectivity index (χ1) is 8.97. The minimum Gasteiger partial charge on any atom is -0.484 e. The second-order valence-corrected chi connectivity index (χ2v) is 4.32. The molecular weight excluding hydrogens is 246 g/mol. The van der Waals surface area contributed by atoms with Crippen LogP contribution < -0.4 is 4.74 Å². The van der Waals surface area contributed by atoms with Gasteiger partial charge in [-0.05, 0) is 44.5 Å². The van der Waals surface area contributed by atoms with Crippen LogP contribution in [0.5, 0.6) is 5.75 Å². The highest BCUT2D eigenvalue weighted by atomic mass is 16.5. The van der Waals surface area contributed by atoms with Gasteiger partial charge < -0.3 is 14.3 Å². The van der Waals surface area contributed by atoms with Gasteiger partial charge in [0.2, 0.25) is 5.89 Å². The van der Waals surface area contributed by atoms with Crippen molar-refractivity contribution in [2.75, 3.05) is 0 Å². The maximum atomic E-state index is 10.9. The molecule has 0 atom stereocenters. The molecule has 2 aromatic rings. The van der Waals surface area contributed by atoms with Crippen LogP contribution in [0.1, 0.15) is 33.3 Å². The Kier molecular flexibility index (Phi) is 3.55. The van der Waals surface area contributed by atoms with E-state index >= 15 is 0 Å². The molecule has 5 heteroatoms. The number of oxazole rings is 1. The van der Waals surface area contributed by atoms with E-state index in [4.69, 9.17) is 14.3 Å². The fourth-order valence-corrected chi connectivity index (χ4v) is 1.71. The van der Waals surface area contributed by atoms with Gasteiger partial charge in [0.25, 0.3) is 0 Å². The molecule has 2 rings (SSSR count). The Labute approximate surface area is 110 Å². The lowest BCUT2D eigenvalue weighted by Gasteiger charge is -2.06. The van der Waals surface area contributed by atoms with E-state index in [2.05, 4.69) is 4.98 Å². The average Bonchev–Trinajstić information content (AvgIpc) is 2.66. The number of carboxylic acid groups (broad SMARTS) is 1. The van der Waals surface area contributed by atoms with Gasteiger partial charge in [-0.3, -0.25) is 0 Å². The largest absolute Gasteiger partial charge is 0.484 e. The number of hydrogen-bond donors (Lipinski definition) is 1. The highest BCUT2D eigenvalue weighted by molar-refractivity contribution is 5.89. The first-order valence-corrected chi connectivity index (χ1v) is 5.87. The number of aromatic nitrogens is 1. The molecule has 100 valence electrons. The van der Waals surface area contributed by atoms with Crippen LogP contribution in [0, 0.1) is 20.8 Å². The number of nitrogens with zero attached hydrogens (tertiary/aromatic N) is 1. The van der Waals surface area contributed by atoms with Crippen molar-refractivity contribution in [3.8, 4) is 5.75 Å². The van der Waals surface area contributed by atoms with Crippen LogP contribution in [0.2, 0.25) is 0 Å². The first kappa shape index (κ1) is 13.1. The zero-order valence-electron chi connectivity index (χ0n) is 11.1. The second kappa shape index (κ2) is 5.14. The average molecular weight is 261 g/mol. The van der Waals surface area contributed by atoms with Gasteiger partial charge in [0.15, 0.2) is 6.61 Å². The SMILES string of the molecule is Cc1cc(OCc2nc(C)c(C)o2)ccc1C(=O)O. The van der Waals surface area contributed by atoms with Gasteiger partial charge >= 0.3 is 5.97 Å². The number of ether oxygens (including phenoxy) is 1. The predicted octanol–water partition coefficient (Wildman–Crippen LogP) is 2.88. The van der Waals surface area contributed by atoms with Gasteiger partial charge in [-0.2, -0.15) is 0 Å². The van der Waals surface area contributed by atoms with Crippen molar-refractivity contribution in [2.24, 2.45) is 0 Å². The van der Waals surface area contributed by atoms with Crippen molar-refractivity contribution < 1.29 is 19.1 Å². The van der Waals surface area contributed by atoms with Gasteiger partial charge in [0.05, 0.1) is 11.3 Å². The lowest BCUT2D eigenvalue weighted by molar-refractivity contribution is 0.0696. The maximum absolute atomic E-state index is 10.9. The molecule has 0 unspecified atom stereocenters. The van der Waals surface area contributed by atoms with Crippen molar-refractivity contribution in [2.45, 2.75) is 27.4 Å². The molecule has 1 N–H and O–H groups in total. The van der Waals surface area contributed by atoms with Gasteiger partial charge in [0.1, 0.15) is 11.5 Å². The number of hydrogen-bond acceptors (Lipinski definition) is 4. The molecule has 0 spiro atoms. The summed E-state index contributed by atoms with van der Waals surface area (Å²) in [5.74, 6) is 0.935. The Bertz CT molecular complexity index is 596. The molecule has 0 radical (unpaired) electrons. The predicted molar refractivity (Wildman–Crippen MR) is 68.4 cm³/mol. The zero-order valence-corrected chi connectivity index (χ0v) is 11.1. The Morgan fingerprint density at radius 1 is 1.37 bits per heavy atom. The van der Waals surface area contributed by atoms with E-state index < -0.39 is 5.97 Å². The van der Waals surface area contributed by atoms with Crippen LogP contribution in [0.15, 0.2) is 22.6 Å². The fourth-order valence-electron chi connectivity index (χ4n) is 1.71. The molecule has 1 aromatic carbocycles. The number of carboxylic acids is 1. The molecule has 0 bridgehead atoms. The van der Waals surface area contributed by atoms with E-state index in [1.165, 1.54) is 6.07 Å². The van der Waals surface area contributed by atoms with Crippen molar-refractivity contribution in [1.29, 1.82) is 0 Å². The van der Waals surface area contributed by atoms with E-state index in [-0.39, 0.29) is 12.2 Å². The monoisotopic (exact) mass is 261 g/mol. The van der Waals surface area contributed by atoms with Crippen LogP contribution in [0.4, 0.5) is 0 Å². The quantitative estimate of drug-likeness (QED) is 0.916. The Morgan fingerprint density at radius 2 is 2.11 bits per heavy atom. The molecule has 1 heterocycles. The number of benzene rings is 1. The summed E-state index contributed by atoms with van der Waals surface area (Å²) in [6.07, 6.45) is 0. The Hall–Kier alpha value is -2.30. The molecule has 0 amide bonds. The summed E-state index contributed by atoms with van der Waals surface area (Å²) in [5.41, 5.74) is 1.77. The van der Waals surface area contributed by atoms with E-state index in [0.717, 1.165) is 11.5 Å². The number of aromatic carboxylic acids is 1. The lowest BCUT2D eigenvalue weighted by Crippen LogP contribution is -2.01. The van der Waals surface area contributed by atoms with Crippen molar-refractivity contribution in [3.05, 3.63) is 46.7 Å². The third-order valence-electron chi connectivity index (χ3n) is 2.86. The van der Waals surface area contributed by atoms with Crippen LogP contribution in [-0.2, 0) is 6.61 Å². The Balaban J connectivity index is 2.08. The second-order valence-electron chi connectivity index (χ2n) is 4.32. The van der Waals surface area contributed by atoms with Crippen LogP contribution >= 0.6 is 0 Å². The van der Waals surface area contributed by atoms with Gasteiger partial charge in [0, 0.05) is 0 Å². The summed E-state index contributed by atoms with van der Waals surface area (Å²) in [6.45, 7) is 5.67. The molecule has 5 nitrogen and oxygen atoms in total. The normalized spacial score (nSPS) is 10.5. The Morgan fingerprint density at radius 3 is 2.63 bits per heavy atom. The van der Waals surface area contributed by atoms with Gasteiger partial charge in [-0.1, -0.05) is 0 Å². The smallest absolute Gasteiger partial charge is 0.335 e. The van der Waals surface area contributed by atoms with Crippen LogP contribution in [0.3, 0.4) is 0 Å². The number of rotatable bonds is 4. The molecule has 19 heavy (non-hydrogen) atoms. The minimum atomic E-state index is -0.942. The summed E-state index contributed by atoms with van der Waals surface area (Å²) in [6, 6.07) is 4.84. The number of aryl methyl sites for hydroxylation is 3. The van der Waals surface area contributed by atoms with Gasteiger partial charge in [-0.15, -0.1) is 0 Å². The standard InChI is InChI=1S/C14H15NO4/c1-8-6-11(4-5-12(8)14(16)17)18-7-13-15-9(2)10(3)19-13/h4-6H,7H2,1-3H3,(H,16,17). The summed E-state index contributed by atoms with van der Waals surface area (Å²) in [4.78, 5) is 15.1. The topological polar surface area (TPSA) is 72.6 Å². The highest BCUT2D eigenvalue weighted by Crippen LogP contribution is 2.19. The summed E-state index contributed by atoms with van der Waals surface area (Å²) in [7, 11) is 0. The third-order valence-corrected chi connectivity index (χ3v) is 2.86. The third kappa shape index (κ3) is 2.93. The van der Waals surface area contributed by atoms with E-state index in [1.54, 1.807) is 19.1 Å². The lowest BCUT2D eigenvalue weighted by atomic mass is 10.1.